The highest BCUT2D eigenvalue weighted by Gasteiger charge is 2.17. The molecule has 1 aliphatic carbocycles. The van der Waals surface area contributed by atoms with Crippen LogP contribution in [0.1, 0.15) is 44.1 Å². The molecule has 0 bridgehead atoms. The van der Waals surface area contributed by atoms with Crippen LogP contribution >= 0.6 is 0 Å². The minimum absolute atomic E-state index is 0.243. The van der Waals surface area contributed by atoms with Crippen molar-refractivity contribution >= 4 is 0 Å². The lowest BCUT2D eigenvalue weighted by Crippen LogP contribution is -2.19. The van der Waals surface area contributed by atoms with E-state index in [-0.39, 0.29) is 12.5 Å². The number of benzene rings is 1. The number of hydrogen-bond acceptors (Lipinski definition) is 4. The number of ether oxygens (including phenoxy) is 2. The van der Waals surface area contributed by atoms with Gasteiger partial charge in [0.05, 0.1) is 0 Å². The van der Waals surface area contributed by atoms with Crippen molar-refractivity contribution in [1.29, 1.82) is 0 Å². The molecule has 3 rings (SSSR count). The zero-order chi connectivity index (χ0) is 13.8. The van der Waals surface area contributed by atoms with Gasteiger partial charge in [0.25, 0.3) is 0 Å². The Morgan fingerprint density at radius 3 is 2.65 bits per heavy atom. The maximum Gasteiger partial charge on any atom is 0.231 e. The summed E-state index contributed by atoms with van der Waals surface area (Å²) in [5.74, 6) is 2.53. The van der Waals surface area contributed by atoms with Gasteiger partial charge < -0.3 is 19.9 Å². The van der Waals surface area contributed by atoms with E-state index in [4.69, 9.17) is 9.47 Å². The zero-order valence-corrected chi connectivity index (χ0v) is 11.9. The average molecular weight is 277 g/mol. The number of fused-ring (bicyclic) bond motifs is 1. The molecule has 0 aromatic heterocycles. The molecule has 1 fully saturated rings. The van der Waals surface area contributed by atoms with Gasteiger partial charge in [0.2, 0.25) is 6.79 Å². The first kappa shape index (κ1) is 13.6. The molecule has 1 aliphatic heterocycles. The Labute approximate surface area is 120 Å². The quantitative estimate of drug-likeness (QED) is 0.812. The van der Waals surface area contributed by atoms with Gasteiger partial charge in [-0.2, -0.15) is 0 Å². The Hall–Kier alpha value is -1.42. The van der Waals surface area contributed by atoms with Crippen molar-refractivity contribution in [3.8, 4) is 17.2 Å². The molecule has 4 heteroatoms. The molecule has 2 aliphatic rings. The Bertz CT molecular complexity index is 455. The van der Waals surface area contributed by atoms with Crippen LogP contribution in [0.5, 0.6) is 17.2 Å². The van der Waals surface area contributed by atoms with Crippen LogP contribution in [0, 0.1) is 5.92 Å². The number of hydrogen-bond donors (Lipinski definition) is 2. The summed E-state index contributed by atoms with van der Waals surface area (Å²) in [6.07, 6.45) is 8.22. The van der Waals surface area contributed by atoms with Crippen molar-refractivity contribution in [2.45, 2.75) is 45.1 Å². The van der Waals surface area contributed by atoms with Gasteiger partial charge in [-0.25, -0.2) is 0 Å². The molecular weight excluding hydrogens is 254 g/mol. The minimum Gasteiger partial charge on any atom is -0.507 e. The van der Waals surface area contributed by atoms with Gasteiger partial charge >= 0.3 is 0 Å². The third kappa shape index (κ3) is 3.18. The normalized spacial score (nSPS) is 18.4. The van der Waals surface area contributed by atoms with Crippen molar-refractivity contribution in [2.75, 3.05) is 13.3 Å². The van der Waals surface area contributed by atoms with Crippen molar-refractivity contribution in [3.63, 3.8) is 0 Å². The Morgan fingerprint density at radius 1 is 1.10 bits per heavy atom. The smallest absolute Gasteiger partial charge is 0.231 e. The average Bonchev–Trinajstić information content (AvgIpc) is 2.91. The van der Waals surface area contributed by atoms with Crippen LogP contribution < -0.4 is 14.8 Å². The topological polar surface area (TPSA) is 50.7 Å². The van der Waals surface area contributed by atoms with Crippen LogP contribution in [0.4, 0.5) is 0 Å². The van der Waals surface area contributed by atoms with Gasteiger partial charge in [-0.1, -0.05) is 32.1 Å². The van der Waals surface area contributed by atoms with E-state index in [1.807, 2.05) is 6.07 Å². The van der Waals surface area contributed by atoms with E-state index in [0.717, 1.165) is 23.8 Å². The highest BCUT2D eigenvalue weighted by atomic mass is 16.7. The van der Waals surface area contributed by atoms with Gasteiger partial charge in [0.15, 0.2) is 11.5 Å². The van der Waals surface area contributed by atoms with Gasteiger partial charge in [0, 0.05) is 18.2 Å². The lowest BCUT2D eigenvalue weighted by Gasteiger charge is -2.21. The Morgan fingerprint density at radius 2 is 1.85 bits per heavy atom. The highest BCUT2D eigenvalue weighted by molar-refractivity contribution is 5.51. The number of phenols is 1. The fourth-order valence-corrected chi connectivity index (χ4v) is 3.12. The highest BCUT2D eigenvalue weighted by Crippen LogP contribution is 2.37. The van der Waals surface area contributed by atoms with Gasteiger partial charge in [-0.15, -0.1) is 0 Å². The van der Waals surface area contributed by atoms with Crippen LogP contribution in [0.25, 0.3) is 0 Å². The third-order valence-corrected chi connectivity index (χ3v) is 4.34. The first-order valence-corrected chi connectivity index (χ1v) is 7.65. The molecular formula is C16H23NO3. The molecule has 20 heavy (non-hydrogen) atoms. The molecule has 1 aromatic rings. The second-order valence-corrected chi connectivity index (χ2v) is 5.80. The summed E-state index contributed by atoms with van der Waals surface area (Å²) in [6, 6.07) is 3.51. The summed E-state index contributed by atoms with van der Waals surface area (Å²) < 4.78 is 10.6. The number of nitrogens with one attached hydrogen (secondary N) is 1. The van der Waals surface area contributed by atoms with Crippen LogP contribution in [-0.2, 0) is 6.54 Å². The molecule has 1 heterocycles. The summed E-state index contributed by atoms with van der Waals surface area (Å²) in [6.45, 7) is 1.93. The summed E-state index contributed by atoms with van der Waals surface area (Å²) in [7, 11) is 0. The lowest BCUT2D eigenvalue weighted by molar-refractivity contribution is 0.174. The maximum atomic E-state index is 9.95. The first-order chi connectivity index (χ1) is 9.83. The van der Waals surface area contributed by atoms with E-state index in [1.54, 1.807) is 6.07 Å². The van der Waals surface area contributed by atoms with Crippen molar-refractivity contribution < 1.29 is 14.6 Å². The SMILES string of the molecule is Oc1cc2c(cc1CNCCC1CCCCC1)OCO2. The monoisotopic (exact) mass is 277 g/mol. The molecule has 1 aromatic carbocycles. The molecule has 110 valence electrons. The second-order valence-electron chi connectivity index (χ2n) is 5.80. The summed E-state index contributed by atoms with van der Waals surface area (Å²) in [5.41, 5.74) is 0.873. The van der Waals surface area contributed by atoms with Crippen molar-refractivity contribution in [2.24, 2.45) is 5.92 Å². The van der Waals surface area contributed by atoms with Crippen LogP contribution in [0.2, 0.25) is 0 Å². The van der Waals surface area contributed by atoms with Crippen molar-refractivity contribution in [1.82, 2.24) is 5.32 Å². The predicted octanol–water partition coefficient (Wildman–Crippen LogP) is 3.18. The number of rotatable bonds is 5. The minimum atomic E-state index is 0.243. The summed E-state index contributed by atoms with van der Waals surface area (Å²) in [5, 5.41) is 13.4. The predicted molar refractivity (Wildman–Crippen MR) is 77.1 cm³/mol. The molecule has 1 saturated carbocycles. The molecule has 0 saturated heterocycles. The van der Waals surface area contributed by atoms with Crippen LogP contribution in [-0.4, -0.2) is 18.4 Å². The Kier molecular flexibility index (Phi) is 4.31. The van der Waals surface area contributed by atoms with E-state index in [1.165, 1.54) is 38.5 Å². The van der Waals surface area contributed by atoms with E-state index in [0.29, 0.717) is 12.3 Å². The van der Waals surface area contributed by atoms with E-state index < -0.39 is 0 Å². The maximum absolute atomic E-state index is 9.95. The largest absolute Gasteiger partial charge is 0.507 e. The molecule has 0 atom stereocenters. The van der Waals surface area contributed by atoms with E-state index in [9.17, 15) is 5.11 Å². The number of aromatic hydroxyl groups is 1. The number of phenolic OH excluding ortho intramolecular Hbond substituents is 1. The van der Waals surface area contributed by atoms with Crippen molar-refractivity contribution in [3.05, 3.63) is 17.7 Å². The standard InChI is InChI=1S/C16H23NO3/c18-14-9-16-15(19-11-20-16)8-13(14)10-17-7-6-12-4-2-1-3-5-12/h8-9,12,17-18H,1-7,10-11H2. The van der Waals surface area contributed by atoms with Crippen LogP contribution in [0.3, 0.4) is 0 Å². The third-order valence-electron chi connectivity index (χ3n) is 4.34. The zero-order valence-electron chi connectivity index (χ0n) is 11.9. The molecule has 0 amide bonds. The lowest BCUT2D eigenvalue weighted by atomic mass is 9.87. The second kappa shape index (κ2) is 6.35. The van der Waals surface area contributed by atoms with E-state index in [2.05, 4.69) is 5.32 Å². The summed E-state index contributed by atoms with van der Waals surface area (Å²) >= 11 is 0. The fraction of sp³-hybridized carbons (Fsp3) is 0.625. The Balaban J connectivity index is 1.46. The van der Waals surface area contributed by atoms with E-state index >= 15 is 0 Å². The molecule has 0 spiro atoms. The molecule has 0 radical (unpaired) electrons. The fourth-order valence-electron chi connectivity index (χ4n) is 3.12. The summed E-state index contributed by atoms with van der Waals surface area (Å²) in [4.78, 5) is 0. The van der Waals surface area contributed by atoms with Crippen LogP contribution in [0.15, 0.2) is 12.1 Å². The van der Waals surface area contributed by atoms with Gasteiger partial charge in [-0.05, 0) is 24.9 Å². The van der Waals surface area contributed by atoms with Gasteiger partial charge in [0.1, 0.15) is 5.75 Å². The van der Waals surface area contributed by atoms with Gasteiger partial charge in [-0.3, -0.25) is 0 Å². The molecule has 0 unspecified atom stereocenters. The molecule has 4 nitrogen and oxygen atoms in total. The molecule has 2 N–H and O–H groups in total. The first-order valence-electron chi connectivity index (χ1n) is 7.65.